The van der Waals surface area contributed by atoms with E-state index in [2.05, 4.69) is 27.1 Å². The van der Waals surface area contributed by atoms with Gasteiger partial charge < -0.3 is 14.6 Å². The number of aromatic nitrogens is 3. The minimum atomic E-state index is -0.122. The van der Waals surface area contributed by atoms with E-state index in [1.54, 1.807) is 19.5 Å². The second kappa shape index (κ2) is 8.78. The molecule has 4 rings (SSSR count). The number of carbonyl (C=O) groups is 1. The van der Waals surface area contributed by atoms with Crippen molar-refractivity contribution in [2.75, 3.05) is 20.2 Å². The van der Waals surface area contributed by atoms with Gasteiger partial charge in [0.2, 0.25) is 0 Å². The van der Waals surface area contributed by atoms with Gasteiger partial charge in [-0.05, 0) is 37.1 Å². The number of methoxy groups -OCH3 is 1. The van der Waals surface area contributed by atoms with Crippen LogP contribution < -0.4 is 4.74 Å². The number of amides is 1. The molecule has 0 atom stereocenters. The van der Waals surface area contributed by atoms with Gasteiger partial charge in [-0.1, -0.05) is 30.3 Å². The largest absolute Gasteiger partial charge is 0.497 e. The van der Waals surface area contributed by atoms with E-state index >= 15 is 0 Å². The Balaban J connectivity index is 1.58. The fourth-order valence-electron chi connectivity index (χ4n) is 3.62. The van der Waals surface area contributed by atoms with Crippen molar-refractivity contribution in [3.63, 3.8) is 0 Å². The van der Waals surface area contributed by atoms with Crippen LogP contribution in [0.4, 0.5) is 0 Å². The SMILES string of the molecule is CCN(CCc1c[nH]c2ccccc12)C(=O)c1nccnc1-c1cccc(OC)c1. The molecule has 0 radical (unpaired) electrons. The molecule has 152 valence electrons. The van der Waals surface area contributed by atoms with Gasteiger partial charge in [-0.25, -0.2) is 4.98 Å². The normalized spacial score (nSPS) is 10.9. The van der Waals surface area contributed by atoms with Crippen molar-refractivity contribution in [3.05, 3.63) is 78.4 Å². The predicted octanol–water partition coefficient (Wildman–Crippen LogP) is 4.34. The molecule has 2 aromatic carbocycles. The third-order valence-corrected chi connectivity index (χ3v) is 5.24. The zero-order valence-corrected chi connectivity index (χ0v) is 17.1. The van der Waals surface area contributed by atoms with Crippen molar-refractivity contribution >= 4 is 16.8 Å². The molecule has 1 N–H and O–H groups in total. The molecule has 0 unspecified atom stereocenters. The maximum Gasteiger partial charge on any atom is 0.274 e. The van der Waals surface area contributed by atoms with Gasteiger partial charge in [-0.2, -0.15) is 0 Å². The molecule has 6 heteroatoms. The number of nitrogens with one attached hydrogen (secondary N) is 1. The summed E-state index contributed by atoms with van der Waals surface area (Å²) in [6, 6.07) is 15.7. The maximum absolute atomic E-state index is 13.3. The summed E-state index contributed by atoms with van der Waals surface area (Å²) in [4.78, 5) is 27.3. The Morgan fingerprint density at radius 2 is 1.93 bits per heavy atom. The molecule has 2 aromatic heterocycles. The number of benzene rings is 2. The van der Waals surface area contributed by atoms with Gasteiger partial charge in [0.1, 0.15) is 11.4 Å². The Kier molecular flexibility index (Phi) is 5.75. The minimum absolute atomic E-state index is 0.122. The van der Waals surface area contributed by atoms with Gasteiger partial charge in [0.05, 0.1) is 7.11 Å². The van der Waals surface area contributed by atoms with Gasteiger partial charge >= 0.3 is 0 Å². The van der Waals surface area contributed by atoms with Crippen molar-refractivity contribution < 1.29 is 9.53 Å². The van der Waals surface area contributed by atoms with Crippen molar-refractivity contribution in [1.29, 1.82) is 0 Å². The molecule has 0 saturated heterocycles. The molecule has 0 aliphatic rings. The zero-order valence-electron chi connectivity index (χ0n) is 17.1. The highest BCUT2D eigenvalue weighted by Gasteiger charge is 2.21. The molecule has 0 bridgehead atoms. The molecule has 0 fully saturated rings. The van der Waals surface area contributed by atoms with Crippen LogP contribution in [0.2, 0.25) is 0 Å². The van der Waals surface area contributed by atoms with Crippen molar-refractivity contribution in [3.8, 4) is 17.0 Å². The highest BCUT2D eigenvalue weighted by molar-refractivity contribution is 5.98. The first-order chi connectivity index (χ1) is 14.7. The van der Waals surface area contributed by atoms with E-state index in [1.807, 2.05) is 54.4 Å². The summed E-state index contributed by atoms with van der Waals surface area (Å²) in [6.45, 7) is 3.18. The quantitative estimate of drug-likeness (QED) is 0.501. The average molecular weight is 400 g/mol. The molecular formula is C24H24N4O2. The van der Waals surface area contributed by atoms with E-state index in [4.69, 9.17) is 4.74 Å². The van der Waals surface area contributed by atoms with Gasteiger partial charge in [0.25, 0.3) is 5.91 Å². The van der Waals surface area contributed by atoms with Crippen LogP contribution in [0.15, 0.2) is 67.1 Å². The standard InChI is InChI=1S/C24H24N4O2/c1-3-28(14-11-18-16-27-21-10-5-4-9-20(18)21)24(29)23-22(25-12-13-26-23)17-7-6-8-19(15-17)30-2/h4-10,12-13,15-16,27H,3,11,14H2,1-2H3. The van der Waals surface area contributed by atoms with E-state index in [0.717, 1.165) is 17.5 Å². The number of likely N-dealkylation sites (N-methyl/N-ethyl adjacent to an activating group) is 1. The van der Waals surface area contributed by atoms with Crippen LogP contribution in [0.1, 0.15) is 23.0 Å². The molecule has 0 saturated carbocycles. The van der Waals surface area contributed by atoms with E-state index in [9.17, 15) is 4.79 Å². The van der Waals surface area contributed by atoms with E-state index in [-0.39, 0.29) is 5.91 Å². The van der Waals surface area contributed by atoms with Crippen LogP contribution in [-0.2, 0) is 6.42 Å². The molecule has 2 heterocycles. The van der Waals surface area contributed by atoms with Gasteiger partial charge in [0.15, 0.2) is 5.69 Å². The number of nitrogens with zero attached hydrogens (tertiary/aromatic N) is 3. The maximum atomic E-state index is 13.3. The molecule has 30 heavy (non-hydrogen) atoms. The molecule has 0 aliphatic carbocycles. The number of H-pyrrole nitrogens is 1. The Morgan fingerprint density at radius 1 is 1.10 bits per heavy atom. The fraction of sp³-hybridized carbons (Fsp3) is 0.208. The molecule has 6 nitrogen and oxygen atoms in total. The summed E-state index contributed by atoms with van der Waals surface area (Å²) in [5.41, 5.74) is 4.03. The summed E-state index contributed by atoms with van der Waals surface area (Å²) in [7, 11) is 1.62. The van der Waals surface area contributed by atoms with Gasteiger partial charge in [-0.15, -0.1) is 0 Å². The summed E-state index contributed by atoms with van der Waals surface area (Å²) >= 11 is 0. The lowest BCUT2D eigenvalue weighted by molar-refractivity contribution is 0.0761. The van der Waals surface area contributed by atoms with E-state index in [0.29, 0.717) is 30.2 Å². The molecule has 0 spiro atoms. The first-order valence-electron chi connectivity index (χ1n) is 10.0. The lowest BCUT2D eigenvalue weighted by Crippen LogP contribution is -2.33. The number of hydrogen-bond donors (Lipinski definition) is 1. The number of rotatable bonds is 7. The predicted molar refractivity (Wildman–Crippen MR) is 118 cm³/mol. The lowest BCUT2D eigenvalue weighted by atomic mass is 10.1. The number of para-hydroxylation sites is 1. The van der Waals surface area contributed by atoms with Crippen molar-refractivity contribution in [2.45, 2.75) is 13.3 Å². The van der Waals surface area contributed by atoms with Crippen LogP contribution in [0.5, 0.6) is 5.75 Å². The number of aromatic amines is 1. The summed E-state index contributed by atoms with van der Waals surface area (Å²) in [5.74, 6) is 0.589. The lowest BCUT2D eigenvalue weighted by Gasteiger charge is -2.21. The summed E-state index contributed by atoms with van der Waals surface area (Å²) in [6.07, 6.45) is 5.95. The first kappa shape index (κ1) is 19.6. The topological polar surface area (TPSA) is 71.1 Å². The fourth-order valence-corrected chi connectivity index (χ4v) is 3.62. The van der Waals surface area contributed by atoms with Crippen LogP contribution in [0.3, 0.4) is 0 Å². The highest BCUT2D eigenvalue weighted by Crippen LogP contribution is 2.25. The Bertz CT molecular complexity index is 1170. The first-order valence-corrected chi connectivity index (χ1v) is 10.0. The number of hydrogen-bond acceptors (Lipinski definition) is 4. The molecule has 1 amide bonds. The molecule has 4 aromatic rings. The van der Waals surface area contributed by atoms with Gasteiger partial charge in [0, 0.05) is 48.1 Å². The third-order valence-electron chi connectivity index (χ3n) is 5.24. The van der Waals surface area contributed by atoms with E-state index < -0.39 is 0 Å². The van der Waals surface area contributed by atoms with Crippen LogP contribution in [0, 0.1) is 0 Å². The number of ether oxygens (including phenoxy) is 1. The Hall–Kier alpha value is -3.67. The Labute approximate surface area is 175 Å². The molecule has 0 aliphatic heterocycles. The highest BCUT2D eigenvalue weighted by atomic mass is 16.5. The molecular weight excluding hydrogens is 376 g/mol. The number of fused-ring (bicyclic) bond motifs is 1. The summed E-state index contributed by atoms with van der Waals surface area (Å²) in [5, 5.41) is 1.19. The third kappa shape index (κ3) is 3.89. The summed E-state index contributed by atoms with van der Waals surface area (Å²) < 4.78 is 5.31. The van der Waals surface area contributed by atoms with Crippen LogP contribution in [-0.4, -0.2) is 46.0 Å². The second-order valence-corrected chi connectivity index (χ2v) is 6.98. The monoisotopic (exact) mass is 400 g/mol. The minimum Gasteiger partial charge on any atom is -0.497 e. The second-order valence-electron chi connectivity index (χ2n) is 6.98. The zero-order chi connectivity index (χ0) is 20.9. The van der Waals surface area contributed by atoms with E-state index in [1.165, 1.54) is 10.9 Å². The number of carbonyl (C=O) groups excluding carboxylic acids is 1. The van der Waals surface area contributed by atoms with Crippen molar-refractivity contribution in [2.24, 2.45) is 0 Å². The smallest absolute Gasteiger partial charge is 0.274 e. The van der Waals surface area contributed by atoms with Gasteiger partial charge in [-0.3, -0.25) is 9.78 Å². The van der Waals surface area contributed by atoms with Crippen LogP contribution >= 0.6 is 0 Å². The Morgan fingerprint density at radius 3 is 2.77 bits per heavy atom. The van der Waals surface area contributed by atoms with Crippen LogP contribution in [0.25, 0.3) is 22.2 Å². The van der Waals surface area contributed by atoms with Crippen molar-refractivity contribution in [1.82, 2.24) is 19.9 Å². The average Bonchev–Trinajstić information content (AvgIpc) is 3.22.